The maximum absolute atomic E-state index is 12.7. The summed E-state index contributed by atoms with van der Waals surface area (Å²) < 4.78 is 1.89. The maximum Gasteiger partial charge on any atom is 0.227 e. The fourth-order valence-electron chi connectivity index (χ4n) is 3.99. The third kappa shape index (κ3) is 3.21. The van der Waals surface area contributed by atoms with Crippen LogP contribution in [0.1, 0.15) is 48.4 Å². The summed E-state index contributed by atoms with van der Waals surface area (Å²) in [6.07, 6.45) is 10.8. The Balaban J connectivity index is 1.42. The molecule has 1 fully saturated rings. The number of benzene rings is 1. The van der Waals surface area contributed by atoms with Crippen LogP contribution in [-0.4, -0.2) is 38.7 Å². The van der Waals surface area contributed by atoms with Crippen molar-refractivity contribution in [2.75, 3.05) is 13.1 Å². The van der Waals surface area contributed by atoms with Crippen LogP contribution in [-0.2, 0) is 24.1 Å². The fourth-order valence-corrected chi connectivity index (χ4v) is 3.99. The number of fused-ring (bicyclic) bond motifs is 1. The average Bonchev–Trinajstić information content (AvgIpc) is 3.16. The van der Waals surface area contributed by atoms with E-state index in [1.54, 1.807) is 12.7 Å². The summed E-state index contributed by atoms with van der Waals surface area (Å²) in [5.74, 6) is 0.232. The van der Waals surface area contributed by atoms with Gasteiger partial charge in [0.2, 0.25) is 5.91 Å². The molecule has 0 bridgehead atoms. The summed E-state index contributed by atoms with van der Waals surface area (Å²) in [6, 6.07) is 6.88. The number of rotatable bonds is 3. The first kappa shape index (κ1) is 15.4. The van der Waals surface area contributed by atoms with Gasteiger partial charge in [-0.25, -0.2) is 9.67 Å². The molecule has 1 aliphatic heterocycles. The Hall–Kier alpha value is -2.17. The van der Waals surface area contributed by atoms with Crippen LogP contribution < -0.4 is 0 Å². The Morgan fingerprint density at radius 3 is 2.88 bits per heavy atom. The van der Waals surface area contributed by atoms with Crippen LogP contribution in [0.2, 0.25) is 0 Å². The molecule has 5 nitrogen and oxygen atoms in total. The summed E-state index contributed by atoms with van der Waals surface area (Å²) in [4.78, 5) is 18.8. The first-order chi connectivity index (χ1) is 11.8. The van der Waals surface area contributed by atoms with Crippen molar-refractivity contribution >= 4 is 5.91 Å². The molecule has 1 atom stereocenters. The molecule has 5 heteroatoms. The molecule has 1 saturated heterocycles. The molecule has 0 saturated carbocycles. The molecule has 126 valence electrons. The number of nitrogens with zero attached hydrogens (tertiary/aromatic N) is 4. The quantitative estimate of drug-likeness (QED) is 0.872. The number of amides is 1. The lowest BCUT2D eigenvalue weighted by molar-refractivity contribution is -0.132. The summed E-state index contributed by atoms with van der Waals surface area (Å²) in [5, 5.41) is 4.23. The molecule has 1 aliphatic carbocycles. The van der Waals surface area contributed by atoms with E-state index < -0.39 is 0 Å². The number of likely N-dealkylation sites (tertiary alicyclic amines) is 1. The van der Waals surface area contributed by atoms with E-state index in [9.17, 15) is 4.79 Å². The SMILES string of the molecule is O=C(Cc1ccc2c(c1)CCCC2)N1CCC[C@H](n2cncn2)C1. The zero-order chi connectivity index (χ0) is 16.4. The number of carbonyl (C=O) groups is 1. The van der Waals surface area contributed by atoms with E-state index in [1.165, 1.54) is 30.4 Å². The van der Waals surface area contributed by atoms with Gasteiger partial charge in [0.25, 0.3) is 0 Å². The van der Waals surface area contributed by atoms with Crippen molar-refractivity contribution in [3.05, 3.63) is 47.5 Å². The number of piperidine rings is 1. The molecule has 4 rings (SSSR count). The Morgan fingerprint density at radius 2 is 2.04 bits per heavy atom. The van der Waals surface area contributed by atoms with Crippen LogP contribution >= 0.6 is 0 Å². The average molecular weight is 324 g/mol. The minimum atomic E-state index is 0.232. The Kier molecular flexibility index (Phi) is 4.32. The molecule has 0 unspecified atom stereocenters. The van der Waals surface area contributed by atoms with Gasteiger partial charge in [-0.2, -0.15) is 5.10 Å². The summed E-state index contributed by atoms with van der Waals surface area (Å²) in [5.41, 5.74) is 4.08. The highest BCUT2D eigenvalue weighted by Gasteiger charge is 2.25. The fraction of sp³-hybridized carbons (Fsp3) is 0.526. The van der Waals surface area contributed by atoms with Crippen molar-refractivity contribution in [1.29, 1.82) is 0 Å². The number of aromatic nitrogens is 3. The molecule has 1 amide bonds. The topological polar surface area (TPSA) is 51.0 Å². The van der Waals surface area contributed by atoms with Gasteiger partial charge in [-0.05, 0) is 55.2 Å². The van der Waals surface area contributed by atoms with Crippen LogP contribution in [0.3, 0.4) is 0 Å². The predicted octanol–water partition coefficient (Wildman–Crippen LogP) is 2.56. The van der Waals surface area contributed by atoms with E-state index in [0.29, 0.717) is 6.42 Å². The predicted molar refractivity (Wildman–Crippen MR) is 91.7 cm³/mol. The summed E-state index contributed by atoms with van der Waals surface area (Å²) >= 11 is 0. The van der Waals surface area contributed by atoms with Crippen molar-refractivity contribution in [3.63, 3.8) is 0 Å². The Bertz CT molecular complexity index is 710. The summed E-state index contributed by atoms with van der Waals surface area (Å²) in [7, 11) is 0. The van der Waals surface area contributed by atoms with Gasteiger partial charge >= 0.3 is 0 Å². The van der Waals surface area contributed by atoms with Crippen molar-refractivity contribution in [2.24, 2.45) is 0 Å². The van der Waals surface area contributed by atoms with E-state index in [4.69, 9.17) is 0 Å². The van der Waals surface area contributed by atoms with E-state index in [2.05, 4.69) is 28.3 Å². The lowest BCUT2D eigenvalue weighted by atomic mass is 9.90. The number of hydrogen-bond acceptors (Lipinski definition) is 3. The van der Waals surface area contributed by atoms with Crippen molar-refractivity contribution in [1.82, 2.24) is 19.7 Å². The zero-order valence-electron chi connectivity index (χ0n) is 14.0. The second kappa shape index (κ2) is 6.75. The van der Waals surface area contributed by atoms with E-state index >= 15 is 0 Å². The Labute approximate surface area is 142 Å². The van der Waals surface area contributed by atoms with Crippen molar-refractivity contribution in [2.45, 2.75) is 51.0 Å². The zero-order valence-corrected chi connectivity index (χ0v) is 14.0. The van der Waals surface area contributed by atoms with Crippen LogP contribution in [0.4, 0.5) is 0 Å². The first-order valence-electron chi connectivity index (χ1n) is 9.02. The van der Waals surface area contributed by atoms with E-state index in [-0.39, 0.29) is 11.9 Å². The van der Waals surface area contributed by atoms with Gasteiger partial charge in [0.1, 0.15) is 12.7 Å². The van der Waals surface area contributed by atoms with Crippen molar-refractivity contribution < 1.29 is 4.79 Å². The van der Waals surface area contributed by atoms with Crippen LogP contribution in [0.25, 0.3) is 0 Å². The van der Waals surface area contributed by atoms with Gasteiger partial charge in [0.05, 0.1) is 12.5 Å². The Morgan fingerprint density at radius 1 is 1.17 bits per heavy atom. The summed E-state index contributed by atoms with van der Waals surface area (Å²) in [6.45, 7) is 1.60. The second-order valence-corrected chi connectivity index (χ2v) is 7.00. The van der Waals surface area contributed by atoms with Crippen LogP contribution in [0.5, 0.6) is 0 Å². The largest absolute Gasteiger partial charge is 0.340 e. The minimum absolute atomic E-state index is 0.232. The van der Waals surface area contributed by atoms with Gasteiger partial charge in [0.15, 0.2) is 0 Å². The minimum Gasteiger partial charge on any atom is -0.340 e. The molecule has 24 heavy (non-hydrogen) atoms. The molecule has 1 aromatic carbocycles. The number of carbonyl (C=O) groups excluding carboxylic acids is 1. The third-order valence-corrected chi connectivity index (χ3v) is 5.33. The molecule has 2 aromatic rings. The molecule has 0 spiro atoms. The highest BCUT2D eigenvalue weighted by molar-refractivity contribution is 5.79. The smallest absolute Gasteiger partial charge is 0.227 e. The monoisotopic (exact) mass is 324 g/mol. The first-order valence-corrected chi connectivity index (χ1v) is 9.02. The molecule has 2 heterocycles. The molecule has 0 N–H and O–H groups in total. The van der Waals surface area contributed by atoms with Gasteiger partial charge in [0, 0.05) is 13.1 Å². The molecular formula is C19H24N4O. The van der Waals surface area contributed by atoms with Crippen LogP contribution in [0, 0.1) is 0 Å². The van der Waals surface area contributed by atoms with E-state index in [1.807, 2.05) is 9.58 Å². The van der Waals surface area contributed by atoms with Gasteiger partial charge in [-0.15, -0.1) is 0 Å². The van der Waals surface area contributed by atoms with Crippen molar-refractivity contribution in [3.8, 4) is 0 Å². The second-order valence-electron chi connectivity index (χ2n) is 7.00. The van der Waals surface area contributed by atoms with Gasteiger partial charge in [-0.1, -0.05) is 18.2 Å². The van der Waals surface area contributed by atoms with Gasteiger partial charge in [-0.3, -0.25) is 4.79 Å². The molecule has 0 radical (unpaired) electrons. The number of aryl methyl sites for hydroxylation is 2. The van der Waals surface area contributed by atoms with Crippen LogP contribution in [0.15, 0.2) is 30.9 Å². The highest BCUT2D eigenvalue weighted by Crippen LogP contribution is 2.24. The maximum atomic E-state index is 12.7. The molecule has 1 aromatic heterocycles. The standard InChI is InChI=1S/C19H24N4O/c24-19(11-15-7-8-16-4-1-2-5-17(16)10-15)22-9-3-6-18(12-22)23-14-20-13-21-23/h7-8,10,13-14,18H,1-6,9,11-12H2/t18-/m0/s1. The molecular weight excluding hydrogens is 300 g/mol. The lowest BCUT2D eigenvalue weighted by Gasteiger charge is -2.32. The number of hydrogen-bond donors (Lipinski definition) is 0. The van der Waals surface area contributed by atoms with Gasteiger partial charge < -0.3 is 4.90 Å². The normalized spacial score (nSPS) is 20.7. The highest BCUT2D eigenvalue weighted by atomic mass is 16.2. The third-order valence-electron chi connectivity index (χ3n) is 5.33. The lowest BCUT2D eigenvalue weighted by Crippen LogP contribution is -2.41. The molecule has 2 aliphatic rings. The van der Waals surface area contributed by atoms with E-state index in [0.717, 1.165) is 37.9 Å².